The highest BCUT2D eigenvalue weighted by Gasteiger charge is 2.49. The highest BCUT2D eigenvalue weighted by Crippen LogP contribution is 2.62. The SMILES string of the molecule is CC1(C)C2=C(c3ccccc31)C(C)(C)c1cc(C=Cc3ccc4c(c3)c3cc(N(c5ccccc5)c5ccccc5)ccc3n4-c3ccccc3)ccc12. The van der Waals surface area contributed by atoms with Gasteiger partial charge in [-0.25, -0.2) is 0 Å². The van der Waals surface area contributed by atoms with Crippen molar-refractivity contribution in [1.29, 1.82) is 0 Å². The summed E-state index contributed by atoms with van der Waals surface area (Å²) in [6.07, 6.45) is 4.56. The van der Waals surface area contributed by atoms with Crippen molar-refractivity contribution < 1.29 is 0 Å². The quantitative estimate of drug-likeness (QED) is 0.157. The van der Waals surface area contributed by atoms with E-state index in [4.69, 9.17) is 0 Å². The third kappa shape index (κ3) is 4.87. The molecule has 2 aliphatic rings. The van der Waals surface area contributed by atoms with Gasteiger partial charge in [0, 0.05) is 44.4 Å². The third-order valence-corrected chi connectivity index (χ3v) is 11.9. The first-order valence-corrected chi connectivity index (χ1v) is 19.0. The minimum atomic E-state index is -0.0678. The normalized spacial score (nSPS) is 15.2. The van der Waals surface area contributed by atoms with Gasteiger partial charge in [0.15, 0.2) is 0 Å². The van der Waals surface area contributed by atoms with Gasteiger partial charge in [-0.1, -0.05) is 143 Å². The molecule has 0 fully saturated rings. The van der Waals surface area contributed by atoms with E-state index in [0.29, 0.717) is 0 Å². The average Bonchev–Trinajstić information content (AvgIpc) is 3.76. The maximum absolute atomic E-state index is 2.43. The number of fused-ring (bicyclic) bond motifs is 7. The van der Waals surface area contributed by atoms with E-state index in [1.54, 1.807) is 0 Å². The Balaban J connectivity index is 1.07. The van der Waals surface area contributed by atoms with Crippen LogP contribution in [0.3, 0.4) is 0 Å². The van der Waals surface area contributed by atoms with Crippen molar-refractivity contribution in [2.24, 2.45) is 0 Å². The van der Waals surface area contributed by atoms with Crippen LogP contribution in [0.1, 0.15) is 61.1 Å². The van der Waals surface area contributed by atoms with Crippen LogP contribution in [0.4, 0.5) is 17.1 Å². The molecular weight excluding hydrogens is 653 g/mol. The summed E-state index contributed by atoms with van der Waals surface area (Å²) in [7, 11) is 0. The van der Waals surface area contributed by atoms with Crippen molar-refractivity contribution >= 4 is 62.2 Å². The van der Waals surface area contributed by atoms with Crippen LogP contribution in [0, 0.1) is 0 Å². The first-order chi connectivity index (χ1) is 26.3. The van der Waals surface area contributed by atoms with Gasteiger partial charge >= 0.3 is 0 Å². The summed E-state index contributed by atoms with van der Waals surface area (Å²) >= 11 is 0. The van der Waals surface area contributed by atoms with E-state index < -0.39 is 0 Å². The van der Waals surface area contributed by atoms with Crippen LogP contribution in [0.5, 0.6) is 0 Å². The van der Waals surface area contributed by atoms with Crippen molar-refractivity contribution in [3.05, 3.63) is 203 Å². The second kappa shape index (κ2) is 12.1. The Morgan fingerprint density at radius 1 is 0.426 bits per heavy atom. The summed E-state index contributed by atoms with van der Waals surface area (Å²) in [6.45, 7) is 9.59. The van der Waals surface area contributed by atoms with E-state index in [9.17, 15) is 0 Å². The van der Waals surface area contributed by atoms with Crippen LogP contribution in [0.2, 0.25) is 0 Å². The highest BCUT2D eigenvalue weighted by molar-refractivity contribution is 6.12. The van der Waals surface area contributed by atoms with Gasteiger partial charge < -0.3 is 9.47 Å². The first-order valence-electron chi connectivity index (χ1n) is 19.0. The number of rotatable bonds is 6. The van der Waals surface area contributed by atoms with Crippen LogP contribution in [0.15, 0.2) is 170 Å². The lowest BCUT2D eigenvalue weighted by Crippen LogP contribution is -2.19. The molecule has 1 aromatic heterocycles. The van der Waals surface area contributed by atoms with E-state index in [-0.39, 0.29) is 10.8 Å². The zero-order chi connectivity index (χ0) is 36.6. The molecular formula is C52H42N2. The molecule has 7 aromatic carbocycles. The molecule has 0 unspecified atom stereocenters. The molecule has 0 saturated carbocycles. The van der Waals surface area contributed by atoms with Crippen molar-refractivity contribution in [3.63, 3.8) is 0 Å². The fourth-order valence-corrected chi connectivity index (χ4v) is 9.40. The molecule has 2 heteroatoms. The van der Waals surface area contributed by atoms with Crippen molar-refractivity contribution in [3.8, 4) is 5.69 Å². The van der Waals surface area contributed by atoms with Crippen molar-refractivity contribution in [2.45, 2.75) is 38.5 Å². The van der Waals surface area contributed by atoms with Gasteiger partial charge in [-0.15, -0.1) is 0 Å². The monoisotopic (exact) mass is 694 g/mol. The van der Waals surface area contributed by atoms with Crippen LogP contribution < -0.4 is 4.90 Å². The van der Waals surface area contributed by atoms with Crippen molar-refractivity contribution in [2.75, 3.05) is 4.90 Å². The van der Waals surface area contributed by atoms with E-state index in [1.807, 2.05) is 0 Å². The van der Waals surface area contributed by atoms with Crippen LogP contribution in [-0.4, -0.2) is 4.57 Å². The summed E-state index contributed by atoms with van der Waals surface area (Å²) in [5.41, 5.74) is 17.9. The van der Waals surface area contributed by atoms with E-state index in [1.165, 1.54) is 66.3 Å². The number of allylic oxidation sites excluding steroid dienone is 2. The summed E-state index contributed by atoms with van der Waals surface area (Å²) in [4.78, 5) is 2.34. The first kappa shape index (κ1) is 32.3. The maximum Gasteiger partial charge on any atom is 0.0542 e. The van der Waals surface area contributed by atoms with Gasteiger partial charge in [0.2, 0.25) is 0 Å². The molecule has 54 heavy (non-hydrogen) atoms. The molecule has 0 saturated heterocycles. The predicted octanol–water partition coefficient (Wildman–Crippen LogP) is 13.9. The zero-order valence-corrected chi connectivity index (χ0v) is 31.2. The number of aromatic nitrogens is 1. The second-order valence-corrected chi connectivity index (χ2v) is 15.8. The molecule has 260 valence electrons. The largest absolute Gasteiger partial charge is 0.310 e. The topological polar surface area (TPSA) is 8.17 Å². The second-order valence-electron chi connectivity index (χ2n) is 15.8. The minimum Gasteiger partial charge on any atom is -0.310 e. The fraction of sp³-hybridized carbons (Fsp3) is 0.115. The molecule has 2 nitrogen and oxygen atoms in total. The Morgan fingerprint density at radius 2 is 0.926 bits per heavy atom. The zero-order valence-electron chi connectivity index (χ0n) is 31.2. The van der Waals surface area contributed by atoms with E-state index in [2.05, 4.69) is 219 Å². The van der Waals surface area contributed by atoms with E-state index >= 15 is 0 Å². The Labute approximate surface area is 318 Å². The van der Waals surface area contributed by atoms with Crippen molar-refractivity contribution in [1.82, 2.24) is 4.57 Å². The Morgan fingerprint density at radius 3 is 1.59 bits per heavy atom. The molecule has 2 aliphatic carbocycles. The Bertz CT molecular complexity index is 2760. The van der Waals surface area contributed by atoms with Gasteiger partial charge in [0.1, 0.15) is 0 Å². The molecule has 0 spiro atoms. The summed E-state index contributed by atoms with van der Waals surface area (Å²) in [5.74, 6) is 0. The number of hydrogen-bond acceptors (Lipinski definition) is 1. The Kier molecular flexibility index (Phi) is 7.22. The molecule has 10 rings (SSSR count). The summed E-state index contributed by atoms with van der Waals surface area (Å²) in [5, 5.41) is 2.46. The molecule has 0 atom stereocenters. The van der Waals surface area contributed by atoms with Crippen LogP contribution in [-0.2, 0) is 10.8 Å². The third-order valence-electron chi connectivity index (χ3n) is 11.9. The average molecular weight is 695 g/mol. The minimum absolute atomic E-state index is 0.0147. The van der Waals surface area contributed by atoms with Gasteiger partial charge in [-0.2, -0.15) is 0 Å². The summed E-state index contributed by atoms with van der Waals surface area (Å²) in [6, 6.07) is 61.9. The molecule has 0 bridgehead atoms. The number of nitrogens with zero attached hydrogens (tertiary/aromatic N) is 2. The van der Waals surface area contributed by atoms with Gasteiger partial charge in [-0.3, -0.25) is 0 Å². The summed E-state index contributed by atoms with van der Waals surface area (Å²) < 4.78 is 2.39. The van der Waals surface area contributed by atoms with Gasteiger partial charge in [0.25, 0.3) is 0 Å². The molecule has 0 amide bonds. The number of benzene rings is 7. The molecule has 0 aliphatic heterocycles. The molecule has 0 radical (unpaired) electrons. The molecule has 0 N–H and O–H groups in total. The molecule has 1 heterocycles. The predicted molar refractivity (Wildman–Crippen MR) is 230 cm³/mol. The van der Waals surface area contributed by atoms with Crippen LogP contribution in [0.25, 0.3) is 50.8 Å². The Hall–Kier alpha value is -6.38. The maximum atomic E-state index is 2.43. The lowest BCUT2D eigenvalue weighted by Gasteiger charge is -2.28. The number of hydrogen-bond donors (Lipinski definition) is 0. The fourth-order valence-electron chi connectivity index (χ4n) is 9.40. The number of anilines is 3. The van der Waals surface area contributed by atoms with Gasteiger partial charge in [-0.05, 0) is 111 Å². The standard InChI is InChI=1S/C52H42N2/c1-51(2)45-23-15-14-22-41(45)49-50(51)42-29-26-36(33-46(42)52(49,3)4)25-24-35-27-30-47-43(32-35)44-34-40(28-31-48(44)54(47)39-20-12-7-13-21-39)53(37-16-8-5-9-17-37)38-18-10-6-11-19-38/h5-34H,1-4H3. The van der Waals surface area contributed by atoms with Gasteiger partial charge in [0.05, 0.1) is 11.0 Å². The number of para-hydroxylation sites is 3. The van der Waals surface area contributed by atoms with Crippen LogP contribution >= 0.6 is 0 Å². The lowest BCUT2D eigenvalue weighted by molar-refractivity contribution is 0.694. The highest BCUT2D eigenvalue weighted by atomic mass is 15.1. The smallest absolute Gasteiger partial charge is 0.0542 e. The lowest BCUT2D eigenvalue weighted by atomic mass is 9.75. The molecule has 8 aromatic rings. The van der Waals surface area contributed by atoms with E-state index in [0.717, 1.165) is 22.7 Å².